The minimum absolute atomic E-state index is 0.0361. The van der Waals surface area contributed by atoms with Crippen LogP contribution in [0.3, 0.4) is 0 Å². The highest BCUT2D eigenvalue weighted by atomic mass is 16.3. The summed E-state index contributed by atoms with van der Waals surface area (Å²) in [5.74, 6) is 0.220. The first-order valence-corrected chi connectivity index (χ1v) is 7.92. The van der Waals surface area contributed by atoms with Crippen LogP contribution in [0.1, 0.15) is 26.7 Å². The Kier molecular flexibility index (Phi) is 5.58. The Morgan fingerprint density at radius 3 is 2.38 bits per heavy atom. The van der Waals surface area contributed by atoms with Crippen molar-refractivity contribution in [2.24, 2.45) is 5.92 Å². The molecule has 2 rings (SSSR count). The van der Waals surface area contributed by atoms with Crippen molar-refractivity contribution in [3.63, 3.8) is 0 Å². The van der Waals surface area contributed by atoms with Gasteiger partial charge in [-0.3, -0.25) is 14.5 Å². The maximum atomic E-state index is 12.6. The van der Waals surface area contributed by atoms with Gasteiger partial charge in [0, 0.05) is 52.7 Å². The van der Waals surface area contributed by atoms with Gasteiger partial charge in [-0.05, 0) is 19.8 Å². The van der Waals surface area contributed by atoms with E-state index >= 15 is 0 Å². The van der Waals surface area contributed by atoms with Gasteiger partial charge >= 0.3 is 0 Å². The molecule has 0 radical (unpaired) electrons. The Morgan fingerprint density at radius 2 is 1.81 bits per heavy atom. The van der Waals surface area contributed by atoms with Crippen molar-refractivity contribution in [1.82, 2.24) is 14.7 Å². The minimum atomic E-state index is -0.324. The number of piperazine rings is 1. The van der Waals surface area contributed by atoms with Gasteiger partial charge in [0.05, 0.1) is 12.0 Å². The molecule has 6 heteroatoms. The summed E-state index contributed by atoms with van der Waals surface area (Å²) < 4.78 is 0. The molecule has 0 spiro atoms. The summed E-state index contributed by atoms with van der Waals surface area (Å²) in [5.41, 5.74) is 0. The molecule has 2 fully saturated rings. The molecule has 120 valence electrons. The predicted octanol–water partition coefficient (Wildman–Crippen LogP) is -0.230. The van der Waals surface area contributed by atoms with Crippen molar-refractivity contribution in [1.29, 1.82) is 0 Å². The van der Waals surface area contributed by atoms with Gasteiger partial charge in [-0.25, -0.2) is 0 Å². The lowest BCUT2D eigenvalue weighted by atomic mass is 9.96. The Hall–Kier alpha value is -1.14. The number of hydrogen-bond acceptors (Lipinski definition) is 4. The summed E-state index contributed by atoms with van der Waals surface area (Å²) >= 11 is 0. The highest BCUT2D eigenvalue weighted by Crippen LogP contribution is 2.20. The summed E-state index contributed by atoms with van der Waals surface area (Å²) in [7, 11) is 0. The topological polar surface area (TPSA) is 64.1 Å². The molecule has 0 aliphatic carbocycles. The van der Waals surface area contributed by atoms with Crippen LogP contribution >= 0.6 is 0 Å². The third-order valence-corrected chi connectivity index (χ3v) is 4.42. The van der Waals surface area contributed by atoms with Crippen molar-refractivity contribution in [2.45, 2.75) is 32.8 Å². The van der Waals surface area contributed by atoms with Gasteiger partial charge in [-0.15, -0.1) is 0 Å². The first-order chi connectivity index (χ1) is 9.97. The third kappa shape index (κ3) is 4.41. The molecule has 2 aliphatic rings. The molecule has 2 saturated heterocycles. The fraction of sp³-hybridized carbons (Fsp3) is 0.867. The van der Waals surface area contributed by atoms with Gasteiger partial charge in [0.25, 0.3) is 0 Å². The number of amides is 2. The zero-order valence-corrected chi connectivity index (χ0v) is 13.1. The van der Waals surface area contributed by atoms with Crippen molar-refractivity contribution < 1.29 is 14.7 Å². The summed E-state index contributed by atoms with van der Waals surface area (Å²) in [6, 6.07) is 0. The van der Waals surface area contributed by atoms with Crippen molar-refractivity contribution in [2.75, 3.05) is 45.8 Å². The number of piperidine rings is 1. The fourth-order valence-electron chi connectivity index (χ4n) is 3.25. The smallest absolute Gasteiger partial charge is 0.227 e. The Balaban J connectivity index is 1.82. The van der Waals surface area contributed by atoms with Crippen molar-refractivity contribution in [3.8, 4) is 0 Å². The van der Waals surface area contributed by atoms with Crippen LogP contribution in [0.4, 0.5) is 0 Å². The highest BCUT2D eigenvalue weighted by molar-refractivity contribution is 5.81. The molecular formula is C15H27N3O3. The molecule has 2 amide bonds. The lowest BCUT2D eigenvalue weighted by molar-refractivity contribution is -0.141. The molecule has 0 aromatic heterocycles. The molecule has 0 saturated carbocycles. The number of hydrogen-bond donors (Lipinski definition) is 1. The minimum Gasteiger partial charge on any atom is -0.392 e. The second kappa shape index (κ2) is 7.22. The van der Waals surface area contributed by atoms with Gasteiger partial charge in [0.1, 0.15) is 0 Å². The van der Waals surface area contributed by atoms with Crippen molar-refractivity contribution >= 4 is 11.8 Å². The standard InChI is InChI=1S/C15H27N3O3/c1-12(19)10-16-6-8-17(9-7-16)15(21)14-4-3-5-18(11-14)13(2)20/h12,14,19H,3-11H2,1-2H3/t12-,14-/m1/s1. The molecule has 21 heavy (non-hydrogen) atoms. The normalized spacial score (nSPS) is 25.8. The number of rotatable bonds is 3. The maximum Gasteiger partial charge on any atom is 0.227 e. The third-order valence-electron chi connectivity index (χ3n) is 4.42. The number of carbonyl (C=O) groups excluding carboxylic acids is 2. The molecule has 2 aliphatic heterocycles. The molecule has 2 heterocycles. The number of nitrogens with zero attached hydrogens (tertiary/aromatic N) is 3. The van der Waals surface area contributed by atoms with E-state index in [1.165, 1.54) is 0 Å². The first kappa shape index (κ1) is 16.2. The molecule has 1 N–H and O–H groups in total. The number of β-amino-alcohol motifs (C(OH)–C–C–N with tert-alkyl or cyclic N) is 1. The summed E-state index contributed by atoms with van der Waals surface area (Å²) in [4.78, 5) is 29.9. The van der Waals surface area contributed by atoms with Crippen LogP contribution in [-0.4, -0.2) is 83.5 Å². The van der Waals surface area contributed by atoms with Gasteiger partial charge in [-0.1, -0.05) is 0 Å². The molecule has 0 unspecified atom stereocenters. The summed E-state index contributed by atoms with van der Waals surface area (Å²) in [5, 5.41) is 9.41. The van der Waals surface area contributed by atoms with Crippen LogP contribution in [0.15, 0.2) is 0 Å². The van der Waals surface area contributed by atoms with E-state index in [1.54, 1.807) is 18.7 Å². The van der Waals surface area contributed by atoms with E-state index < -0.39 is 0 Å². The molecule has 0 bridgehead atoms. The van der Waals surface area contributed by atoms with Gasteiger partial charge in [0.15, 0.2) is 0 Å². The average molecular weight is 297 g/mol. The van der Waals surface area contributed by atoms with E-state index in [1.807, 2.05) is 4.90 Å². The van der Waals surface area contributed by atoms with E-state index in [4.69, 9.17) is 0 Å². The second-order valence-corrected chi connectivity index (χ2v) is 6.28. The summed E-state index contributed by atoms with van der Waals surface area (Å²) in [6.07, 6.45) is 1.48. The van der Waals surface area contributed by atoms with Gasteiger partial charge in [0.2, 0.25) is 11.8 Å². The predicted molar refractivity (Wildman–Crippen MR) is 79.7 cm³/mol. The van der Waals surface area contributed by atoms with E-state index in [2.05, 4.69) is 4.90 Å². The van der Waals surface area contributed by atoms with E-state index in [9.17, 15) is 14.7 Å². The average Bonchev–Trinajstić information content (AvgIpc) is 2.47. The van der Waals surface area contributed by atoms with E-state index in [0.717, 1.165) is 45.6 Å². The Labute approximate surface area is 126 Å². The van der Waals surface area contributed by atoms with Crippen LogP contribution in [-0.2, 0) is 9.59 Å². The van der Waals surface area contributed by atoms with E-state index in [0.29, 0.717) is 13.1 Å². The van der Waals surface area contributed by atoms with Gasteiger partial charge in [-0.2, -0.15) is 0 Å². The zero-order valence-electron chi connectivity index (χ0n) is 13.1. The molecule has 0 aromatic carbocycles. The number of aliphatic hydroxyl groups excluding tert-OH is 1. The van der Waals surface area contributed by atoms with Crippen LogP contribution in [0.25, 0.3) is 0 Å². The Morgan fingerprint density at radius 1 is 1.14 bits per heavy atom. The maximum absolute atomic E-state index is 12.6. The van der Waals surface area contributed by atoms with E-state index in [-0.39, 0.29) is 23.8 Å². The van der Waals surface area contributed by atoms with Crippen LogP contribution < -0.4 is 0 Å². The number of likely N-dealkylation sites (tertiary alicyclic amines) is 1. The number of carbonyl (C=O) groups is 2. The summed E-state index contributed by atoms with van der Waals surface area (Å²) in [6.45, 7) is 8.47. The lowest BCUT2D eigenvalue weighted by Crippen LogP contribution is -2.53. The Bertz CT molecular complexity index is 378. The van der Waals surface area contributed by atoms with Crippen molar-refractivity contribution in [3.05, 3.63) is 0 Å². The monoisotopic (exact) mass is 297 g/mol. The second-order valence-electron chi connectivity index (χ2n) is 6.28. The quantitative estimate of drug-likeness (QED) is 0.781. The lowest BCUT2D eigenvalue weighted by Gasteiger charge is -2.39. The molecule has 6 nitrogen and oxygen atoms in total. The van der Waals surface area contributed by atoms with Crippen LogP contribution in [0, 0.1) is 5.92 Å². The number of aliphatic hydroxyl groups is 1. The van der Waals surface area contributed by atoms with Gasteiger partial charge < -0.3 is 14.9 Å². The first-order valence-electron chi connectivity index (χ1n) is 7.92. The molecule has 0 aromatic rings. The SMILES string of the molecule is CC(=O)N1CCC[C@@H](C(=O)N2CCN(C[C@@H](C)O)CC2)C1. The highest BCUT2D eigenvalue weighted by Gasteiger charge is 2.31. The fourth-order valence-corrected chi connectivity index (χ4v) is 3.25. The molecule has 2 atom stereocenters. The van der Waals surface area contributed by atoms with Crippen LogP contribution in [0.5, 0.6) is 0 Å². The molecular weight excluding hydrogens is 270 g/mol. The van der Waals surface area contributed by atoms with Crippen LogP contribution in [0.2, 0.25) is 0 Å². The zero-order chi connectivity index (χ0) is 15.4. The largest absolute Gasteiger partial charge is 0.392 e.